The van der Waals surface area contributed by atoms with Crippen molar-refractivity contribution in [3.63, 3.8) is 0 Å². The first-order chi connectivity index (χ1) is 7.54. The van der Waals surface area contributed by atoms with Crippen LogP contribution in [0.15, 0.2) is 12.7 Å². The third-order valence-electron chi connectivity index (χ3n) is 1.33. The van der Waals surface area contributed by atoms with Crippen LogP contribution < -0.4 is 0 Å². The molecule has 0 fully saturated rings. The summed E-state index contributed by atoms with van der Waals surface area (Å²) in [4.78, 5) is 0. The van der Waals surface area contributed by atoms with E-state index in [1.165, 1.54) is 0 Å². The third kappa shape index (κ3) is 7.36. The van der Waals surface area contributed by atoms with Gasteiger partial charge in [0.05, 0.1) is 6.42 Å². The predicted molar refractivity (Wildman–Crippen MR) is 46.7 cm³/mol. The van der Waals surface area contributed by atoms with E-state index in [1.807, 2.05) is 0 Å². The predicted octanol–water partition coefficient (Wildman–Crippen LogP) is 3.22. The lowest BCUT2D eigenvalue weighted by Gasteiger charge is -2.29. The monoisotopic (exact) mass is 284 g/mol. The normalized spacial score (nSPS) is 16.6. The summed E-state index contributed by atoms with van der Waals surface area (Å²) < 4.78 is 84.3. The Balaban J connectivity index is 4.77. The number of alkyl halides is 6. The molecule has 0 aliphatic heterocycles. The molecule has 10 heteroatoms. The smallest absolute Gasteiger partial charge is 0.344 e. The molecule has 3 nitrogen and oxygen atoms in total. The number of hydrogen-bond donors (Lipinski definition) is 0. The highest BCUT2D eigenvalue weighted by Gasteiger charge is 2.52. The van der Waals surface area contributed by atoms with E-state index < -0.39 is 34.6 Å². The number of rotatable bonds is 7. The minimum absolute atomic E-state index is 0.511. The molecule has 0 aliphatic rings. The molecular weight excluding hydrogens is 274 g/mol. The molecule has 0 bridgehead atoms. The van der Waals surface area contributed by atoms with E-state index in [0.717, 1.165) is 6.08 Å². The van der Waals surface area contributed by atoms with Crippen molar-refractivity contribution in [2.24, 2.45) is 0 Å². The molecule has 0 amide bonds. The molecule has 0 radical (unpaired) electrons. The molecule has 0 saturated carbocycles. The van der Waals surface area contributed by atoms with Crippen molar-refractivity contribution in [2.45, 2.75) is 25.4 Å². The molecule has 0 rings (SSSR count). The molecular formula is C7H10F6O3Si. The lowest BCUT2D eigenvalue weighted by Crippen LogP contribution is -2.50. The summed E-state index contributed by atoms with van der Waals surface area (Å²) in [5, 5.41) is 0. The van der Waals surface area contributed by atoms with Gasteiger partial charge in [-0.25, -0.2) is 4.39 Å². The second-order valence-corrected chi connectivity index (χ2v) is 5.32. The maximum atomic E-state index is 12.9. The van der Waals surface area contributed by atoms with Crippen LogP contribution in [0, 0.1) is 0 Å². The SMILES string of the molecule is C=CCC(F)(F)O[Si](C)(OCF)OC(F)(F)F. The van der Waals surface area contributed by atoms with Crippen molar-refractivity contribution in [3.8, 4) is 0 Å². The zero-order chi connectivity index (χ0) is 13.7. The van der Waals surface area contributed by atoms with Gasteiger partial charge in [-0.15, -0.1) is 19.8 Å². The van der Waals surface area contributed by atoms with Crippen LogP contribution >= 0.6 is 0 Å². The van der Waals surface area contributed by atoms with E-state index in [-0.39, 0.29) is 0 Å². The molecule has 0 aliphatic carbocycles. The van der Waals surface area contributed by atoms with Crippen LogP contribution in [0.1, 0.15) is 6.42 Å². The lowest BCUT2D eigenvalue weighted by molar-refractivity contribution is -0.311. The van der Waals surface area contributed by atoms with Gasteiger partial charge in [0.15, 0.2) is 6.86 Å². The second-order valence-electron chi connectivity index (χ2n) is 2.90. The average Bonchev–Trinajstić information content (AvgIpc) is 1.96. The van der Waals surface area contributed by atoms with Gasteiger partial charge in [-0.3, -0.25) is 4.43 Å². The molecule has 0 aromatic rings. The summed E-state index contributed by atoms with van der Waals surface area (Å²) >= 11 is 0. The van der Waals surface area contributed by atoms with Crippen LogP contribution in [-0.4, -0.2) is 28.1 Å². The maximum absolute atomic E-state index is 12.9. The van der Waals surface area contributed by atoms with E-state index in [9.17, 15) is 26.3 Å². The Morgan fingerprint density at radius 1 is 1.18 bits per heavy atom. The molecule has 0 spiro atoms. The van der Waals surface area contributed by atoms with Crippen molar-refractivity contribution in [1.82, 2.24) is 0 Å². The summed E-state index contributed by atoms with van der Waals surface area (Å²) in [7, 11) is -4.86. The summed E-state index contributed by atoms with van der Waals surface area (Å²) in [6.07, 6.45) is -9.55. The second kappa shape index (κ2) is 5.84. The van der Waals surface area contributed by atoms with Crippen molar-refractivity contribution in [1.29, 1.82) is 0 Å². The zero-order valence-electron chi connectivity index (χ0n) is 8.69. The zero-order valence-corrected chi connectivity index (χ0v) is 9.69. The fourth-order valence-corrected chi connectivity index (χ4v) is 2.27. The molecule has 1 unspecified atom stereocenters. The topological polar surface area (TPSA) is 27.7 Å². The maximum Gasteiger partial charge on any atom is 0.516 e. The van der Waals surface area contributed by atoms with Gasteiger partial charge >= 0.3 is 21.3 Å². The van der Waals surface area contributed by atoms with Crippen LogP contribution in [0.25, 0.3) is 0 Å². The first kappa shape index (κ1) is 16.4. The van der Waals surface area contributed by atoms with E-state index in [1.54, 1.807) is 0 Å². The van der Waals surface area contributed by atoms with Crippen LogP contribution in [0.2, 0.25) is 6.55 Å². The Bertz CT molecular complexity index is 258. The Kier molecular flexibility index (Phi) is 5.64. The fourth-order valence-electron chi connectivity index (χ4n) is 0.870. The minimum atomic E-state index is -5.26. The average molecular weight is 284 g/mol. The fraction of sp³-hybridized carbons (Fsp3) is 0.714. The van der Waals surface area contributed by atoms with Gasteiger partial charge in [-0.05, 0) is 0 Å². The van der Waals surface area contributed by atoms with E-state index in [0.29, 0.717) is 6.55 Å². The van der Waals surface area contributed by atoms with Gasteiger partial charge in [0.25, 0.3) is 0 Å². The number of hydrogen-bond acceptors (Lipinski definition) is 3. The van der Waals surface area contributed by atoms with E-state index in [4.69, 9.17) is 0 Å². The van der Waals surface area contributed by atoms with Crippen molar-refractivity contribution in [3.05, 3.63) is 12.7 Å². The third-order valence-corrected chi connectivity index (χ3v) is 3.24. The molecule has 0 N–H and O–H groups in total. The van der Waals surface area contributed by atoms with Crippen LogP contribution in [0.3, 0.4) is 0 Å². The van der Waals surface area contributed by atoms with Crippen LogP contribution in [0.4, 0.5) is 26.3 Å². The van der Waals surface area contributed by atoms with Crippen LogP contribution in [0.5, 0.6) is 0 Å². The minimum Gasteiger partial charge on any atom is -0.344 e. The van der Waals surface area contributed by atoms with Gasteiger partial charge in [-0.2, -0.15) is 8.78 Å². The van der Waals surface area contributed by atoms with Gasteiger partial charge in [0.1, 0.15) is 0 Å². The van der Waals surface area contributed by atoms with Gasteiger partial charge in [0, 0.05) is 6.55 Å². The summed E-state index contributed by atoms with van der Waals surface area (Å²) in [6.45, 7) is 1.75. The molecule has 0 saturated heterocycles. The summed E-state index contributed by atoms with van der Waals surface area (Å²) in [5.41, 5.74) is 0. The largest absolute Gasteiger partial charge is 0.516 e. The lowest BCUT2D eigenvalue weighted by atomic mass is 10.4. The number of halogens is 6. The van der Waals surface area contributed by atoms with Crippen molar-refractivity contribution >= 4 is 8.80 Å². The molecule has 0 aromatic carbocycles. The van der Waals surface area contributed by atoms with Gasteiger partial charge in [0.2, 0.25) is 0 Å². The Morgan fingerprint density at radius 2 is 1.71 bits per heavy atom. The highest BCUT2D eigenvalue weighted by molar-refractivity contribution is 6.59. The quantitative estimate of drug-likeness (QED) is 0.408. The molecule has 1 atom stereocenters. The first-order valence-electron chi connectivity index (χ1n) is 4.19. The van der Waals surface area contributed by atoms with Gasteiger partial charge < -0.3 is 8.85 Å². The highest BCUT2D eigenvalue weighted by atomic mass is 28.4. The molecule has 0 aromatic heterocycles. The summed E-state index contributed by atoms with van der Waals surface area (Å²) in [6, 6.07) is 0. The van der Waals surface area contributed by atoms with Crippen molar-refractivity contribution < 1.29 is 39.6 Å². The highest BCUT2D eigenvalue weighted by Crippen LogP contribution is 2.31. The molecule has 0 heterocycles. The Morgan fingerprint density at radius 3 is 2.06 bits per heavy atom. The van der Waals surface area contributed by atoms with Crippen molar-refractivity contribution in [2.75, 3.05) is 6.86 Å². The summed E-state index contributed by atoms with van der Waals surface area (Å²) in [5.74, 6) is 0. The Hall–Kier alpha value is -0.583. The van der Waals surface area contributed by atoms with Gasteiger partial charge in [-0.1, -0.05) is 6.08 Å². The first-order valence-corrected chi connectivity index (χ1v) is 6.42. The Labute approximate surface area is 94.3 Å². The molecule has 17 heavy (non-hydrogen) atoms. The molecule has 102 valence electrons. The van der Waals surface area contributed by atoms with E-state index >= 15 is 0 Å². The van der Waals surface area contributed by atoms with Crippen LogP contribution in [-0.2, 0) is 13.3 Å². The standard InChI is InChI=1S/C7H10F6O3Si/c1-3-4-6(9,10)15-17(2,14-5-8)16-7(11,12)13/h3H,1,4-5H2,2H3. The van der Waals surface area contributed by atoms with E-state index in [2.05, 4.69) is 19.9 Å².